The Labute approximate surface area is 153 Å². The van der Waals surface area contributed by atoms with E-state index in [4.69, 9.17) is 16.3 Å². The third kappa shape index (κ3) is 6.48. The molecule has 0 bridgehead atoms. The second-order valence-electron chi connectivity index (χ2n) is 6.13. The first kappa shape index (κ1) is 19.4. The first-order valence-corrected chi connectivity index (χ1v) is 8.85. The number of amides is 2. The summed E-state index contributed by atoms with van der Waals surface area (Å²) >= 11 is 5.89. The summed E-state index contributed by atoms with van der Waals surface area (Å²) in [4.78, 5) is 24.0. The topological polar surface area (TPSA) is 71.0 Å². The zero-order valence-electron chi connectivity index (χ0n) is 14.6. The molecule has 0 spiro atoms. The Kier molecular flexibility index (Phi) is 7.40. The SMILES string of the molecule is CC(C)OCCCNC(=O)CN1N=C(c2ccc(Cl)cc2)CCC1=O. The highest BCUT2D eigenvalue weighted by Gasteiger charge is 2.23. The zero-order valence-corrected chi connectivity index (χ0v) is 15.4. The van der Waals surface area contributed by atoms with Crippen LogP contribution in [0, 0.1) is 0 Å². The molecular weight excluding hydrogens is 342 g/mol. The fourth-order valence-electron chi connectivity index (χ4n) is 2.38. The van der Waals surface area contributed by atoms with Crippen molar-refractivity contribution in [1.29, 1.82) is 0 Å². The van der Waals surface area contributed by atoms with E-state index in [9.17, 15) is 9.59 Å². The summed E-state index contributed by atoms with van der Waals surface area (Å²) in [7, 11) is 0. The molecule has 6 nitrogen and oxygen atoms in total. The smallest absolute Gasteiger partial charge is 0.243 e. The van der Waals surface area contributed by atoms with Gasteiger partial charge < -0.3 is 10.1 Å². The van der Waals surface area contributed by atoms with Crippen LogP contribution in [0.2, 0.25) is 5.02 Å². The molecule has 0 saturated carbocycles. The average molecular weight is 366 g/mol. The van der Waals surface area contributed by atoms with Gasteiger partial charge in [0.1, 0.15) is 6.54 Å². The van der Waals surface area contributed by atoms with E-state index in [1.165, 1.54) is 5.01 Å². The molecule has 1 N–H and O–H groups in total. The highest BCUT2D eigenvalue weighted by molar-refractivity contribution is 6.30. The van der Waals surface area contributed by atoms with Crippen molar-refractivity contribution in [2.45, 2.75) is 39.2 Å². The minimum Gasteiger partial charge on any atom is -0.379 e. The van der Waals surface area contributed by atoms with Crippen LogP contribution >= 0.6 is 11.6 Å². The van der Waals surface area contributed by atoms with Gasteiger partial charge in [0.2, 0.25) is 11.8 Å². The van der Waals surface area contributed by atoms with Crippen molar-refractivity contribution >= 4 is 29.1 Å². The van der Waals surface area contributed by atoms with Crippen molar-refractivity contribution < 1.29 is 14.3 Å². The van der Waals surface area contributed by atoms with Gasteiger partial charge in [-0.2, -0.15) is 5.10 Å². The van der Waals surface area contributed by atoms with Crippen molar-refractivity contribution in [3.05, 3.63) is 34.9 Å². The molecular formula is C18H24ClN3O3. The van der Waals surface area contributed by atoms with Gasteiger partial charge in [0.05, 0.1) is 11.8 Å². The molecule has 2 rings (SSSR count). The van der Waals surface area contributed by atoms with Crippen LogP contribution in [-0.2, 0) is 14.3 Å². The highest BCUT2D eigenvalue weighted by atomic mass is 35.5. The number of carbonyl (C=O) groups excluding carboxylic acids is 2. The van der Waals surface area contributed by atoms with Gasteiger partial charge in [0, 0.05) is 31.0 Å². The number of hydrogen-bond acceptors (Lipinski definition) is 4. The lowest BCUT2D eigenvalue weighted by molar-refractivity contribution is -0.136. The van der Waals surface area contributed by atoms with Crippen molar-refractivity contribution in [2.24, 2.45) is 5.10 Å². The van der Waals surface area contributed by atoms with E-state index in [2.05, 4.69) is 10.4 Å². The highest BCUT2D eigenvalue weighted by Crippen LogP contribution is 2.17. The van der Waals surface area contributed by atoms with Crippen molar-refractivity contribution in [1.82, 2.24) is 10.3 Å². The zero-order chi connectivity index (χ0) is 18.2. The van der Waals surface area contributed by atoms with Gasteiger partial charge in [-0.1, -0.05) is 23.7 Å². The Balaban J connectivity index is 1.86. The molecule has 0 unspecified atom stereocenters. The van der Waals surface area contributed by atoms with Gasteiger partial charge in [-0.15, -0.1) is 0 Å². The van der Waals surface area contributed by atoms with E-state index >= 15 is 0 Å². The minimum atomic E-state index is -0.223. The molecule has 0 radical (unpaired) electrons. The number of halogens is 1. The standard InChI is InChI=1S/C18H24ClN3O3/c1-13(2)25-11-3-10-20-17(23)12-22-18(24)9-8-16(21-22)14-4-6-15(19)7-5-14/h4-7,13H,3,8-12H2,1-2H3,(H,20,23). The van der Waals surface area contributed by atoms with Crippen LogP contribution in [0.3, 0.4) is 0 Å². The van der Waals surface area contributed by atoms with Crippen LogP contribution in [0.25, 0.3) is 0 Å². The first-order valence-electron chi connectivity index (χ1n) is 8.48. The number of nitrogens with one attached hydrogen (secondary N) is 1. The molecule has 0 fully saturated rings. The Morgan fingerprint density at radius 2 is 2.04 bits per heavy atom. The van der Waals surface area contributed by atoms with E-state index in [0.717, 1.165) is 17.7 Å². The lowest BCUT2D eigenvalue weighted by Crippen LogP contribution is -2.40. The Bertz CT molecular complexity index is 629. The maximum Gasteiger partial charge on any atom is 0.243 e. The Morgan fingerprint density at radius 3 is 2.72 bits per heavy atom. The molecule has 25 heavy (non-hydrogen) atoms. The summed E-state index contributed by atoms with van der Waals surface area (Å²) in [6.45, 7) is 4.98. The van der Waals surface area contributed by atoms with Crippen LogP contribution in [0.1, 0.15) is 38.7 Å². The third-order valence-electron chi connectivity index (χ3n) is 3.67. The normalized spacial score (nSPS) is 14.6. The molecule has 7 heteroatoms. The van der Waals surface area contributed by atoms with Crippen molar-refractivity contribution in [3.8, 4) is 0 Å². The molecule has 1 aromatic rings. The molecule has 0 aliphatic carbocycles. The van der Waals surface area contributed by atoms with Crippen LogP contribution in [0.15, 0.2) is 29.4 Å². The maximum absolute atomic E-state index is 12.0. The van der Waals surface area contributed by atoms with Gasteiger partial charge in [-0.05, 0) is 38.0 Å². The predicted octanol–water partition coefficient (Wildman–Crippen LogP) is 2.60. The second kappa shape index (κ2) is 9.53. The summed E-state index contributed by atoms with van der Waals surface area (Å²) in [5.74, 6) is -0.366. The molecule has 1 aromatic carbocycles. The van der Waals surface area contributed by atoms with Crippen LogP contribution in [0.5, 0.6) is 0 Å². The lowest BCUT2D eigenvalue weighted by atomic mass is 10.0. The fourth-order valence-corrected chi connectivity index (χ4v) is 2.51. The molecule has 136 valence electrons. The largest absolute Gasteiger partial charge is 0.379 e. The lowest BCUT2D eigenvalue weighted by Gasteiger charge is -2.23. The molecule has 1 aliphatic heterocycles. The molecule has 0 saturated heterocycles. The van der Waals surface area contributed by atoms with E-state index in [1.807, 2.05) is 26.0 Å². The van der Waals surface area contributed by atoms with Gasteiger partial charge >= 0.3 is 0 Å². The number of hydrogen-bond donors (Lipinski definition) is 1. The quantitative estimate of drug-likeness (QED) is 0.720. The molecule has 0 aromatic heterocycles. The summed E-state index contributed by atoms with van der Waals surface area (Å²) in [5, 5.41) is 9.02. The minimum absolute atomic E-state index is 0.0685. The predicted molar refractivity (Wildman–Crippen MR) is 97.7 cm³/mol. The van der Waals surface area contributed by atoms with E-state index in [-0.39, 0.29) is 24.5 Å². The van der Waals surface area contributed by atoms with E-state index in [1.54, 1.807) is 12.1 Å². The summed E-state index contributed by atoms with van der Waals surface area (Å²) in [6.07, 6.45) is 1.82. The maximum atomic E-state index is 12.0. The first-order chi connectivity index (χ1) is 12.0. The second-order valence-corrected chi connectivity index (χ2v) is 6.56. The van der Waals surface area contributed by atoms with Crippen LogP contribution in [0.4, 0.5) is 0 Å². The van der Waals surface area contributed by atoms with Gasteiger partial charge in [-0.3, -0.25) is 9.59 Å². The Hall–Kier alpha value is -1.92. The monoisotopic (exact) mass is 365 g/mol. The number of carbonyl (C=O) groups is 2. The number of hydrazone groups is 1. The van der Waals surface area contributed by atoms with Crippen LogP contribution < -0.4 is 5.32 Å². The number of rotatable bonds is 8. The molecule has 1 aliphatic rings. The van der Waals surface area contributed by atoms with Crippen molar-refractivity contribution in [3.63, 3.8) is 0 Å². The number of ether oxygens (including phenoxy) is 1. The summed E-state index contributed by atoms with van der Waals surface area (Å²) < 4.78 is 5.42. The molecule has 1 heterocycles. The summed E-state index contributed by atoms with van der Waals surface area (Å²) in [5.41, 5.74) is 1.70. The number of benzene rings is 1. The molecule has 0 atom stereocenters. The fraction of sp³-hybridized carbons (Fsp3) is 0.500. The van der Waals surface area contributed by atoms with Gasteiger partial charge in [-0.25, -0.2) is 5.01 Å². The van der Waals surface area contributed by atoms with Gasteiger partial charge in [0.15, 0.2) is 0 Å². The average Bonchev–Trinajstić information content (AvgIpc) is 2.57. The van der Waals surface area contributed by atoms with Crippen molar-refractivity contribution in [2.75, 3.05) is 19.7 Å². The number of nitrogens with zero attached hydrogens (tertiary/aromatic N) is 2. The molecule has 2 amide bonds. The van der Waals surface area contributed by atoms with Crippen LogP contribution in [-0.4, -0.2) is 48.3 Å². The third-order valence-corrected chi connectivity index (χ3v) is 3.92. The van der Waals surface area contributed by atoms with E-state index in [0.29, 0.717) is 31.0 Å². The Morgan fingerprint density at radius 1 is 1.32 bits per heavy atom. The van der Waals surface area contributed by atoms with Gasteiger partial charge in [0.25, 0.3) is 0 Å². The van der Waals surface area contributed by atoms with E-state index < -0.39 is 0 Å². The summed E-state index contributed by atoms with van der Waals surface area (Å²) in [6, 6.07) is 7.30.